The van der Waals surface area contributed by atoms with Crippen LogP contribution >= 0.6 is 0 Å². The van der Waals surface area contributed by atoms with Crippen molar-refractivity contribution in [1.82, 2.24) is 0 Å². The minimum atomic E-state index is -1.50. The molecular formula is C11H13NO3. The third-order valence-corrected chi connectivity index (χ3v) is 1.87. The van der Waals surface area contributed by atoms with Crippen LogP contribution in [0.4, 0.5) is 5.69 Å². The Labute approximate surface area is 87.9 Å². The molecule has 0 aliphatic heterocycles. The Morgan fingerprint density at radius 3 is 2.47 bits per heavy atom. The van der Waals surface area contributed by atoms with E-state index in [4.69, 9.17) is 5.11 Å². The van der Waals surface area contributed by atoms with E-state index in [1.807, 2.05) is 6.07 Å². The highest BCUT2D eigenvalue weighted by Gasteiger charge is 2.21. The number of hydrogen-bond acceptors (Lipinski definition) is 3. The van der Waals surface area contributed by atoms with Gasteiger partial charge < -0.3 is 15.5 Å². The molecule has 3 N–H and O–H groups in total. The van der Waals surface area contributed by atoms with Crippen LogP contribution in [0.5, 0.6) is 0 Å². The number of para-hydroxylation sites is 1. The van der Waals surface area contributed by atoms with Gasteiger partial charge in [-0.05, 0) is 12.1 Å². The van der Waals surface area contributed by atoms with E-state index in [2.05, 4.69) is 11.9 Å². The molecule has 0 aliphatic rings. The highest BCUT2D eigenvalue weighted by Crippen LogP contribution is 2.06. The van der Waals surface area contributed by atoms with Gasteiger partial charge >= 0.3 is 0 Å². The molecule has 80 valence electrons. The average Bonchev–Trinajstić information content (AvgIpc) is 2.28. The lowest BCUT2D eigenvalue weighted by molar-refractivity contribution is -0.127. The molecule has 1 aromatic rings. The Balaban J connectivity index is 2.60. The molecule has 1 amide bonds. The van der Waals surface area contributed by atoms with Crippen molar-refractivity contribution in [2.75, 3.05) is 5.32 Å². The van der Waals surface area contributed by atoms with E-state index in [9.17, 15) is 9.90 Å². The van der Waals surface area contributed by atoms with Crippen LogP contribution in [-0.2, 0) is 4.79 Å². The van der Waals surface area contributed by atoms with Gasteiger partial charge in [-0.1, -0.05) is 24.3 Å². The van der Waals surface area contributed by atoms with Crippen LogP contribution in [0.15, 0.2) is 43.0 Å². The second kappa shape index (κ2) is 5.29. The molecular weight excluding hydrogens is 194 g/mol. The summed E-state index contributed by atoms with van der Waals surface area (Å²) in [5, 5.41) is 20.9. The predicted octanol–water partition coefficient (Wildman–Crippen LogP) is 0.533. The van der Waals surface area contributed by atoms with Gasteiger partial charge in [0.25, 0.3) is 5.91 Å². The summed E-state index contributed by atoms with van der Waals surface area (Å²) in [7, 11) is 0. The third kappa shape index (κ3) is 3.19. The van der Waals surface area contributed by atoms with Crippen LogP contribution in [-0.4, -0.2) is 28.3 Å². The summed E-state index contributed by atoms with van der Waals surface area (Å²) >= 11 is 0. The Hall–Kier alpha value is -1.65. The average molecular weight is 207 g/mol. The first kappa shape index (κ1) is 11.4. The van der Waals surface area contributed by atoms with Crippen LogP contribution < -0.4 is 5.32 Å². The van der Waals surface area contributed by atoms with Gasteiger partial charge in [-0.15, -0.1) is 6.58 Å². The molecule has 15 heavy (non-hydrogen) atoms. The zero-order valence-corrected chi connectivity index (χ0v) is 8.13. The fraction of sp³-hybridized carbons (Fsp3) is 0.182. The first-order chi connectivity index (χ1) is 7.15. The van der Waals surface area contributed by atoms with Crippen molar-refractivity contribution in [3.8, 4) is 0 Å². The fourth-order valence-electron chi connectivity index (χ4n) is 1.02. The van der Waals surface area contributed by atoms with Crippen LogP contribution in [0.3, 0.4) is 0 Å². The van der Waals surface area contributed by atoms with Gasteiger partial charge in [-0.25, -0.2) is 0 Å². The molecule has 0 fully saturated rings. The van der Waals surface area contributed by atoms with Gasteiger partial charge in [0.05, 0.1) is 0 Å². The quantitative estimate of drug-likeness (QED) is 0.631. The summed E-state index contributed by atoms with van der Waals surface area (Å²) in [4.78, 5) is 11.3. The second-order valence-electron chi connectivity index (χ2n) is 3.03. The van der Waals surface area contributed by atoms with Gasteiger partial charge in [0.1, 0.15) is 6.10 Å². The number of amides is 1. The summed E-state index contributed by atoms with van der Waals surface area (Å²) < 4.78 is 0. The van der Waals surface area contributed by atoms with Crippen LogP contribution in [0.25, 0.3) is 0 Å². The van der Waals surface area contributed by atoms with E-state index in [0.29, 0.717) is 5.69 Å². The van der Waals surface area contributed by atoms with Crippen LogP contribution in [0.1, 0.15) is 0 Å². The summed E-state index contributed by atoms with van der Waals surface area (Å²) in [5.74, 6) is -0.659. The molecule has 0 bridgehead atoms. The maximum atomic E-state index is 11.3. The van der Waals surface area contributed by atoms with Crippen LogP contribution in [0.2, 0.25) is 0 Å². The molecule has 4 heteroatoms. The SMILES string of the molecule is C=C[C@@H](O)[C@@H](O)C(=O)Nc1ccccc1. The van der Waals surface area contributed by atoms with E-state index < -0.39 is 18.1 Å². The maximum absolute atomic E-state index is 11.3. The molecule has 0 unspecified atom stereocenters. The monoisotopic (exact) mass is 207 g/mol. The molecule has 1 rings (SSSR count). The first-order valence-electron chi connectivity index (χ1n) is 4.49. The van der Waals surface area contributed by atoms with Gasteiger partial charge in [0, 0.05) is 5.69 Å². The second-order valence-corrected chi connectivity index (χ2v) is 3.03. The molecule has 4 nitrogen and oxygen atoms in total. The first-order valence-corrected chi connectivity index (χ1v) is 4.49. The zero-order chi connectivity index (χ0) is 11.3. The van der Waals surface area contributed by atoms with Gasteiger partial charge in [0.2, 0.25) is 0 Å². The molecule has 0 radical (unpaired) electrons. The molecule has 0 saturated heterocycles. The lowest BCUT2D eigenvalue weighted by atomic mass is 10.2. The van der Waals surface area contributed by atoms with E-state index >= 15 is 0 Å². The number of rotatable bonds is 4. The number of benzene rings is 1. The number of carbonyl (C=O) groups excluding carboxylic acids is 1. The molecule has 0 spiro atoms. The minimum absolute atomic E-state index is 0.567. The smallest absolute Gasteiger partial charge is 0.256 e. The predicted molar refractivity (Wildman–Crippen MR) is 57.3 cm³/mol. The normalized spacial score (nSPS) is 14.0. The Bertz CT molecular complexity index is 337. The maximum Gasteiger partial charge on any atom is 0.256 e. The summed E-state index contributed by atoms with van der Waals surface area (Å²) in [6.07, 6.45) is -1.65. The van der Waals surface area contributed by atoms with E-state index in [1.54, 1.807) is 24.3 Å². The topological polar surface area (TPSA) is 69.6 Å². The molecule has 1 aromatic carbocycles. The van der Waals surface area contributed by atoms with Crippen LogP contribution in [0, 0.1) is 0 Å². The molecule has 0 aliphatic carbocycles. The number of hydrogen-bond donors (Lipinski definition) is 3. The Morgan fingerprint density at radius 1 is 1.33 bits per heavy atom. The van der Waals surface area contributed by atoms with Crippen molar-refractivity contribution in [2.45, 2.75) is 12.2 Å². The Kier molecular flexibility index (Phi) is 4.03. The lowest BCUT2D eigenvalue weighted by Crippen LogP contribution is -2.36. The number of nitrogens with one attached hydrogen (secondary N) is 1. The highest BCUT2D eigenvalue weighted by atomic mass is 16.3. The largest absolute Gasteiger partial charge is 0.386 e. The van der Waals surface area contributed by atoms with Crippen molar-refractivity contribution in [3.63, 3.8) is 0 Å². The number of carbonyl (C=O) groups is 1. The van der Waals surface area contributed by atoms with Crippen molar-refractivity contribution in [1.29, 1.82) is 0 Å². The molecule has 0 heterocycles. The van der Waals surface area contributed by atoms with Crippen molar-refractivity contribution in [3.05, 3.63) is 43.0 Å². The Morgan fingerprint density at radius 2 is 1.93 bits per heavy atom. The lowest BCUT2D eigenvalue weighted by Gasteiger charge is -2.13. The summed E-state index contributed by atoms with van der Waals surface area (Å²) in [6, 6.07) is 8.69. The van der Waals surface area contributed by atoms with E-state index in [0.717, 1.165) is 6.08 Å². The zero-order valence-electron chi connectivity index (χ0n) is 8.13. The summed E-state index contributed by atoms with van der Waals surface area (Å²) in [5.41, 5.74) is 0.567. The fourth-order valence-corrected chi connectivity index (χ4v) is 1.02. The van der Waals surface area contributed by atoms with E-state index in [-0.39, 0.29) is 0 Å². The number of anilines is 1. The third-order valence-electron chi connectivity index (χ3n) is 1.87. The molecule has 0 aromatic heterocycles. The highest BCUT2D eigenvalue weighted by molar-refractivity contribution is 5.94. The van der Waals surface area contributed by atoms with Gasteiger partial charge in [-0.2, -0.15) is 0 Å². The minimum Gasteiger partial charge on any atom is -0.386 e. The standard InChI is InChI=1S/C11H13NO3/c1-2-9(13)10(14)11(15)12-8-6-4-3-5-7-8/h2-7,9-10,13-14H,1H2,(H,12,15)/t9-,10-/m1/s1. The number of aliphatic hydroxyl groups is 2. The summed E-state index contributed by atoms with van der Waals surface area (Å²) in [6.45, 7) is 3.28. The van der Waals surface area contributed by atoms with E-state index in [1.165, 1.54) is 0 Å². The van der Waals surface area contributed by atoms with Gasteiger partial charge in [0.15, 0.2) is 6.10 Å². The van der Waals surface area contributed by atoms with Crippen molar-refractivity contribution in [2.24, 2.45) is 0 Å². The van der Waals surface area contributed by atoms with Gasteiger partial charge in [-0.3, -0.25) is 4.79 Å². The molecule has 2 atom stereocenters. The van der Waals surface area contributed by atoms with Crippen molar-refractivity contribution < 1.29 is 15.0 Å². The molecule has 0 saturated carbocycles. The van der Waals surface area contributed by atoms with Crippen molar-refractivity contribution >= 4 is 11.6 Å². The number of aliphatic hydroxyl groups excluding tert-OH is 2.